The number of hydrogen-bond acceptors (Lipinski definition) is 4. The zero-order valence-corrected chi connectivity index (χ0v) is 16.8. The average molecular weight is 389 g/mol. The van der Waals surface area contributed by atoms with Gasteiger partial charge in [-0.2, -0.15) is 0 Å². The fourth-order valence-corrected chi connectivity index (χ4v) is 3.35. The summed E-state index contributed by atoms with van der Waals surface area (Å²) in [5.41, 5.74) is 3.49. The smallest absolute Gasteiger partial charge is 0.311 e. The van der Waals surface area contributed by atoms with Gasteiger partial charge in [0.15, 0.2) is 0 Å². The number of nitrogens with one attached hydrogen (secondary N) is 1. The first-order valence-corrected chi connectivity index (χ1v) is 9.92. The van der Waals surface area contributed by atoms with Crippen LogP contribution in [0.2, 0.25) is 0 Å². The van der Waals surface area contributed by atoms with E-state index in [9.17, 15) is 4.79 Å². The zero-order chi connectivity index (χ0) is 20.3. The molecule has 0 aliphatic rings. The molecule has 3 aromatic rings. The molecule has 4 nitrogen and oxygen atoms in total. The maximum atomic E-state index is 12.5. The summed E-state index contributed by atoms with van der Waals surface area (Å²) in [4.78, 5) is 14.7. The van der Waals surface area contributed by atoms with E-state index in [1.165, 1.54) is 18.2 Å². The molecule has 0 fully saturated rings. The van der Waals surface area contributed by atoms with Crippen LogP contribution < -0.4 is 10.2 Å². The second-order valence-electron chi connectivity index (χ2n) is 7.04. The van der Waals surface area contributed by atoms with Gasteiger partial charge in [0.25, 0.3) is 0 Å². The lowest BCUT2D eigenvalue weighted by Crippen LogP contribution is -2.39. The minimum atomic E-state index is -0.271. The summed E-state index contributed by atoms with van der Waals surface area (Å²) in [6.45, 7) is 2.59. The van der Waals surface area contributed by atoms with Crippen LogP contribution in [0.3, 0.4) is 0 Å². The molecular formula is C25H28N2O2. The molecule has 3 aromatic carbocycles. The third kappa shape index (κ3) is 6.47. The maximum Gasteiger partial charge on any atom is 0.311 e. The summed E-state index contributed by atoms with van der Waals surface area (Å²) >= 11 is 0. The zero-order valence-electron chi connectivity index (χ0n) is 16.8. The Kier molecular flexibility index (Phi) is 7.84. The van der Waals surface area contributed by atoms with Gasteiger partial charge in [0.05, 0.1) is 13.0 Å². The first kappa shape index (κ1) is 20.6. The number of para-hydroxylation sites is 1. The third-order valence-electron chi connectivity index (χ3n) is 4.88. The lowest BCUT2D eigenvalue weighted by molar-refractivity contribution is -0.145. The standard InChI is InChI=1S/C25H28N2O2/c1-29-25(28)23(18-26-17-21-11-5-2-6-12-21)20-27(24-15-9-4-10-16-24)19-22-13-7-3-8-14-22/h2-16,23,26H,17-20H2,1H3. The van der Waals surface area contributed by atoms with Gasteiger partial charge in [0.2, 0.25) is 0 Å². The van der Waals surface area contributed by atoms with Crippen LogP contribution in [-0.4, -0.2) is 26.2 Å². The van der Waals surface area contributed by atoms with Crippen molar-refractivity contribution in [2.45, 2.75) is 13.1 Å². The van der Waals surface area contributed by atoms with Crippen molar-refractivity contribution in [1.29, 1.82) is 0 Å². The quantitative estimate of drug-likeness (QED) is 0.527. The van der Waals surface area contributed by atoms with E-state index in [1.54, 1.807) is 0 Å². The van der Waals surface area contributed by atoms with Gasteiger partial charge < -0.3 is 15.0 Å². The number of nitrogens with zero attached hydrogens (tertiary/aromatic N) is 1. The number of benzene rings is 3. The minimum Gasteiger partial charge on any atom is -0.469 e. The van der Waals surface area contributed by atoms with Crippen molar-refractivity contribution in [3.05, 3.63) is 102 Å². The first-order valence-electron chi connectivity index (χ1n) is 9.92. The highest BCUT2D eigenvalue weighted by Gasteiger charge is 2.23. The molecule has 0 aromatic heterocycles. The van der Waals surface area contributed by atoms with E-state index < -0.39 is 0 Å². The topological polar surface area (TPSA) is 41.6 Å². The molecule has 1 atom stereocenters. The van der Waals surface area contributed by atoms with Gasteiger partial charge in [0, 0.05) is 31.9 Å². The van der Waals surface area contributed by atoms with Crippen molar-refractivity contribution in [2.75, 3.05) is 25.1 Å². The highest BCUT2D eigenvalue weighted by Crippen LogP contribution is 2.19. The average Bonchev–Trinajstić information content (AvgIpc) is 2.79. The van der Waals surface area contributed by atoms with Crippen LogP contribution in [0.25, 0.3) is 0 Å². The lowest BCUT2D eigenvalue weighted by atomic mass is 10.1. The van der Waals surface area contributed by atoms with E-state index in [0.717, 1.165) is 18.8 Å². The number of methoxy groups -OCH3 is 1. The van der Waals surface area contributed by atoms with Gasteiger partial charge in [-0.1, -0.05) is 78.9 Å². The van der Waals surface area contributed by atoms with Crippen molar-refractivity contribution >= 4 is 11.7 Å². The number of hydrogen-bond donors (Lipinski definition) is 1. The number of ether oxygens (including phenoxy) is 1. The van der Waals surface area contributed by atoms with E-state index in [-0.39, 0.29) is 11.9 Å². The molecule has 29 heavy (non-hydrogen) atoms. The number of carbonyl (C=O) groups is 1. The third-order valence-corrected chi connectivity index (χ3v) is 4.88. The second-order valence-corrected chi connectivity index (χ2v) is 7.04. The van der Waals surface area contributed by atoms with Gasteiger partial charge >= 0.3 is 5.97 Å². The normalized spacial score (nSPS) is 11.6. The van der Waals surface area contributed by atoms with Crippen LogP contribution in [-0.2, 0) is 22.6 Å². The highest BCUT2D eigenvalue weighted by molar-refractivity contribution is 5.73. The molecule has 0 radical (unpaired) electrons. The molecule has 0 aliphatic heterocycles. The SMILES string of the molecule is COC(=O)C(CNCc1ccccc1)CN(Cc1ccccc1)c1ccccc1. The van der Waals surface area contributed by atoms with E-state index >= 15 is 0 Å². The summed E-state index contributed by atoms with van der Waals surface area (Å²) in [7, 11) is 1.45. The van der Waals surface area contributed by atoms with Crippen LogP contribution >= 0.6 is 0 Å². The van der Waals surface area contributed by atoms with E-state index in [0.29, 0.717) is 13.1 Å². The molecule has 0 saturated carbocycles. The fraction of sp³-hybridized carbons (Fsp3) is 0.240. The van der Waals surface area contributed by atoms with Crippen LogP contribution in [0.1, 0.15) is 11.1 Å². The number of anilines is 1. The molecule has 0 aliphatic carbocycles. The summed E-state index contributed by atoms with van der Waals surface area (Å²) in [5, 5.41) is 3.41. The maximum absolute atomic E-state index is 12.5. The van der Waals surface area contributed by atoms with Gasteiger partial charge in [-0.3, -0.25) is 4.79 Å². The van der Waals surface area contributed by atoms with Crippen LogP contribution in [0, 0.1) is 5.92 Å². The van der Waals surface area contributed by atoms with E-state index in [1.807, 2.05) is 54.6 Å². The molecule has 0 amide bonds. The molecule has 1 N–H and O–H groups in total. The Morgan fingerprint density at radius 2 is 1.41 bits per heavy atom. The Morgan fingerprint density at radius 3 is 2.00 bits per heavy atom. The van der Waals surface area contributed by atoms with Gasteiger partial charge in [-0.15, -0.1) is 0 Å². The predicted octanol–water partition coefficient (Wildman–Crippen LogP) is 4.27. The molecule has 150 valence electrons. The molecule has 4 heteroatoms. The largest absolute Gasteiger partial charge is 0.469 e. The second kappa shape index (κ2) is 11.0. The first-order chi connectivity index (χ1) is 14.3. The molecule has 3 rings (SSSR count). The summed E-state index contributed by atoms with van der Waals surface area (Å²) in [5.74, 6) is -0.466. The lowest BCUT2D eigenvalue weighted by Gasteiger charge is -2.29. The molecular weight excluding hydrogens is 360 g/mol. The molecule has 0 saturated heterocycles. The van der Waals surface area contributed by atoms with Crippen LogP contribution in [0.15, 0.2) is 91.0 Å². The van der Waals surface area contributed by atoms with Crippen molar-refractivity contribution in [2.24, 2.45) is 5.92 Å². The predicted molar refractivity (Wildman–Crippen MR) is 118 cm³/mol. The monoisotopic (exact) mass is 388 g/mol. The van der Waals surface area contributed by atoms with Crippen molar-refractivity contribution in [3.63, 3.8) is 0 Å². The van der Waals surface area contributed by atoms with Gasteiger partial charge in [-0.25, -0.2) is 0 Å². The number of carbonyl (C=O) groups excluding carboxylic acids is 1. The summed E-state index contributed by atoms with van der Waals surface area (Å²) < 4.78 is 5.10. The summed E-state index contributed by atoms with van der Waals surface area (Å²) in [6.07, 6.45) is 0. The minimum absolute atomic E-state index is 0.195. The van der Waals surface area contributed by atoms with E-state index in [2.05, 4.69) is 46.6 Å². The van der Waals surface area contributed by atoms with Crippen molar-refractivity contribution in [3.8, 4) is 0 Å². The number of esters is 1. The highest BCUT2D eigenvalue weighted by atomic mass is 16.5. The Labute approximate surface area is 173 Å². The molecule has 0 spiro atoms. The Bertz CT molecular complexity index is 854. The Balaban J connectivity index is 1.71. The fourth-order valence-electron chi connectivity index (χ4n) is 3.35. The molecule has 1 unspecified atom stereocenters. The molecule has 0 heterocycles. The van der Waals surface area contributed by atoms with Gasteiger partial charge in [-0.05, 0) is 23.3 Å². The van der Waals surface area contributed by atoms with Crippen molar-refractivity contribution < 1.29 is 9.53 Å². The van der Waals surface area contributed by atoms with Gasteiger partial charge in [0.1, 0.15) is 0 Å². The molecule has 0 bridgehead atoms. The number of rotatable bonds is 10. The van der Waals surface area contributed by atoms with Crippen LogP contribution in [0.4, 0.5) is 5.69 Å². The summed E-state index contributed by atoms with van der Waals surface area (Å²) in [6, 6.07) is 30.7. The van der Waals surface area contributed by atoms with Crippen LogP contribution in [0.5, 0.6) is 0 Å². The Hall–Kier alpha value is -3.11. The Morgan fingerprint density at radius 1 is 0.862 bits per heavy atom. The van der Waals surface area contributed by atoms with Crippen molar-refractivity contribution in [1.82, 2.24) is 5.32 Å². The van der Waals surface area contributed by atoms with E-state index in [4.69, 9.17) is 4.74 Å².